The first kappa shape index (κ1) is 14.5. The van der Waals surface area contributed by atoms with Crippen LogP contribution in [-0.2, 0) is 0 Å². The molecule has 0 saturated carbocycles. The molecule has 0 aromatic heterocycles. The molecule has 1 aromatic carbocycles. The average molecular weight is 246 g/mol. The van der Waals surface area contributed by atoms with Gasteiger partial charge in [0.25, 0.3) is 0 Å². The molecule has 0 saturated heterocycles. The summed E-state index contributed by atoms with van der Waals surface area (Å²) >= 11 is 0. The van der Waals surface area contributed by atoms with E-state index in [2.05, 4.69) is 31.3 Å². The smallest absolute Gasteiger partial charge is 0.123 e. The van der Waals surface area contributed by atoms with Crippen molar-refractivity contribution in [2.24, 2.45) is 5.41 Å². The van der Waals surface area contributed by atoms with Crippen molar-refractivity contribution in [3.05, 3.63) is 28.8 Å². The Morgan fingerprint density at radius 2 is 1.83 bits per heavy atom. The minimum Gasteiger partial charge on any atom is -0.496 e. The van der Waals surface area contributed by atoms with Crippen LogP contribution in [-0.4, -0.2) is 14.2 Å². The van der Waals surface area contributed by atoms with Crippen molar-refractivity contribution in [2.75, 3.05) is 14.2 Å². The zero-order valence-corrected chi connectivity index (χ0v) is 12.1. The highest BCUT2D eigenvalue weighted by Crippen LogP contribution is 2.38. The molecule has 1 aromatic rings. The third kappa shape index (κ3) is 2.65. The van der Waals surface area contributed by atoms with Crippen LogP contribution in [0.2, 0.25) is 0 Å². The van der Waals surface area contributed by atoms with E-state index in [4.69, 9.17) is 4.74 Å². The van der Waals surface area contributed by atoms with Gasteiger partial charge in [0.1, 0.15) is 5.75 Å². The number of nitrogens with zero attached hydrogens (tertiary/aromatic N) is 1. The number of hydrogen-bond donors (Lipinski definition) is 1. The molecule has 3 heteroatoms. The Hall–Kier alpha value is -1.53. The Bertz CT molecular complexity index is 472. The number of nitriles is 1. The minimum absolute atomic E-state index is 0.0586. The summed E-state index contributed by atoms with van der Waals surface area (Å²) in [7, 11) is 3.54. The first-order valence-corrected chi connectivity index (χ1v) is 6.11. The fraction of sp³-hybridized carbons (Fsp3) is 0.533. The van der Waals surface area contributed by atoms with Crippen molar-refractivity contribution in [1.82, 2.24) is 5.32 Å². The Morgan fingerprint density at radius 3 is 2.28 bits per heavy atom. The largest absolute Gasteiger partial charge is 0.496 e. The van der Waals surface area contributed by atoms with Crippen molar-refractivity contribution in [3.8, 4) is 11.8 Å². The number of nitrogens with one attached hydrogen (secondary N) is 1. The molecule has 1 N–H and O–H groups in total. The first-order valence-electron chi connectivity index (χ1n) is 6.11. The summed E-state index contributed by atoms with van der Waals surface area (Å²) < 4.78 is 5.45. The molecule has 98 valence electrons. The monoisotopic (exact) mass is 246 g/mol. The van der Waals surface area contributed by atoms with E-state index < -0.39 is 5.41 Å². The third-order valence-electron chi connectivity index (χ3n) is 3.46. The molecule has 1 unspecified atom stereocenters. The normalized spacial score (nSPS) is 12.9. The highest BCUT2D eigenvalue weighted by molar-refractivity contribution is 5.44. The first-order chi connectivity index (χ1) is 8.37. The van der Waals surface area contributed by atoms with Crippen molar-refractivity contribution >= 4 is 0 Å². The van der Waals surface area contributed by atoms with Gasteiger partial charge in [0.2, 0.25) is 0 Å². The van der Waals surface area contributed by atoms with Gasteiger partial charge in [0, 0.05) is 5.56 Å². The van der Waals surface area contributed by atoms with Gasteiger partial charge in [-0.25, -0.2) is 0 Å². The van der Waals surface area contributed by atoms with Crippen LogP contribution in [0.1, 0.15) is 36.6 Å². The molecule has 18 heavy (non-hydrogen) atoms. The molecule has 0 heterocycles. The van der Waals surface area contributed by atoms with Crippen LogP contribution in [0.3, 0.4) is 0 Å². The molecule has 1 rings (SSSR count). The van der Waals surface area contributed by atoms with Gasteiger partial charge in [-0.15, -0.1) is 0 Å². The van der Waals surface area contributed by atoms with Crippen molar-refractivity contribution < 1.29 is 4.74 Å². The van der Waals surface area contributed by atoms with Gasteiger partial charge in [0.05, 0.1) is 24.6 Å². The second-order valence-corrected chi connectivity index (χ2v) is 5.23. The Morgan fingerprint density at radius 1 is 1.28 bits per heavy atom. The second kappa shape index (κ2) is 5.41. The van der Waals surface area contributed by atoms with E-state index >= 15 is 0 Å². The lowest BCUT2D eigenvalue weighted by Gasteiger charge is -2.30. The van der Waals surface area contributed by atoms with E-state index in [0.717, 1.165) is 11.3 Å². The molecular formula is C15H22N2O. The summed E-state index contributed by atoms with van der Waals surface area (Å²) in [5.74, 6) is 0.834. The molecule has 0 amide bonds. The summed E-state index contributed by atoms with van der Waals surface area (Å²) in [6, 6.07) is 6.44. The third-order valence-corrected chi connectivity index (χ3v) is 3.46. The highest BCUT2D eigenvalue weighted by atomic mass is 16.5. The van der Waals surface area contributed by atoms with E-state index in [0.29, 0.717) is 0 Å². The molecule has 3 nitrogen and oxygen atoms in total. The van der Waals surface area contributed by atoms with E-state index in [1.807, 2.05) is 27.0 Å². The van der Waals surface area contributed by atoms with Crippen LogP contribution in [0.15, 0.2) is 12.1 Å². The molecule has 1 atom stereocenters. The molecule has 0 spiro atoms. The fourth-order valence-corrected chi connectivity index (χ4v) is 2.18. The van der Waals surface area contributed by atoms with E-state index in [1.165, 1.54) is 11.1 Å². The predicted molar refractivity (Wildman–Crippen MR) is 73.7 cm³/mol. The number of hydrogen-bond acceptors (Lipinski definition) is 3. The van der Waals surface area contributed by atoms with Gasteiger partial charge in [-0.3, -0.25) is 0 Å². The summed E-state index contributed by atoms with van der Waals surface area (Å²) in [4.78, 5) is 0. The average Bonchev–Trinajstić information content (AvgIpc) is 2.33. The quantitative estimate of drug-likeness (QED) is 0.887. The molecule has 0 aliphatic heterocycles. The molecule has 0 aliphatic rings. The van der Waals surface area contributed by atoms with Gasteiger partial charge < -0.3 is 10.1 Å². The molecule has 0 bridgehead atoms. The zero-order chi connectivity index (χ0) is 13.9. The topological polar surface area (TPSA) is 45.0 Å². The lowest BCUT2D eigenvalue weighted by Crippen LogP contribution is -2.31. The Kier molecular flexibility index (Phi) is 4.37. The number of methoxy groups -OCH3 is 1. The van der Waals surface area contributed by atoms with E-state index in [-0.39, 0.29) is 6.04 Å². The van der Waals surface area contributed by atoms with Gasteiger partial charge in [-0.1, -0.05) is 6.07 Å². The predicted octanol–water partition coefficient (Wildman–Crippen LogP) is 3.12. The summed E-state index contributed by atoms with van der Waals surface area (Å²) in [5.41, 5.74) is 2.94. The standard InChI is InChI=1S/C15H22N2O/c1-10-7-12(13(18-6)8-11(10)2)14(17-5)15(3,4)9-16/h7-8,14,17H,1-6H3. The van der Waals surface area contributed by atoms with Crippen LogP contribution in [0, 0.1) is 30.6 Å². The highest BCUT2D eigenvalue weighted by Gasteiger charge is 2.31. The van der Waals surface area contributed by atoms with Crippen LogP contribution in [0.4, 0.5) is 0 Å². The summed E-state index contributed by atoms with van der Waals surface area (Å²) in [5, 5.41) is 12.5. The van der Waals surface area contributed by atoms with Crippen molar-refractivity contribution in [1.29, 1.82) is 5.26 Å². The number of rotatable bonds is 4. The van der Waals surface area contributed by atoms with Gasteiger partial charge in [-0.2, -0.15) is 5.26 Å². The van der Waals surface area contributed by atoms with Crippen LogP contribution in [0.5, 0.6) is 5.75 Å². The Labute approximate surface area is 110 Å². The van der Waals surface area contributed by atoms with Gasteiger partial charge in [-0.05, 0) is 51.9 Å². The summed E-state index contributed by atoms with van der Waals surface area (Å²) in [6.45, 7) is 8.00. The maximum Gasteiger partial charge on any atom is 0.123 e. The SMILES string of the molecule is CNC(c1cc(C)c(C)cc1OC)C(C)(C)C#N. The molecule has 0 aliphatic carbocycles. The van der Waals surface area contributed by atoms with Crippen LogP contribution < -0.4 is 10.1 Å². The van der Waals surface area contributed by atoms with E-state index in [1.54, 1.807) is 7.11 Å². The minimum atomic E-state index is -0.496. The number of aryl methyl sites for hydroxylation is 2. The maximum atomic E-state index is 9.31. The maximum absolute atomic E-state index is 9.31. The number of benzene rings is 1. The van der Waals surface area contributed by atoms with Crippen molar-refractivity contribution in [2.45, 2.75) is 33.7 Å². The zero-order valence-electron chi connectivity index (χ0n) is 12.1. The molecular weight excluding hydrogens is 224 g/mol. The van der Waals surface area contributed by atoms with Crippen LogP contribution >= 0.6 is 0 Å². The van der Waals surface area contributed by atoms with E-state index in [9.17, 15) is 5.26 Å². The van der Waals surface area contributed by atoms with Gasteiger partial charge >= 0.3 is 0 Å². The fourth-order valence-electron chi connectivity index (χ4n) is 2.18. The lowest BCUT2D eigenvalue weighted by molar-refractivity contribution is 0.326. The van der Waals surface area contributed by atoms with Crippen molar-refractivity contribution in [3.63, 3.8) is 0 Å². The Balaban J connectivity index is 3.39. The van der Waals surface area contributed by atoms with Gasteiger partial charge in [0.15, 0.2) is 0 Å². The summed E-state index contributed by atoms with van der Waals surface area (Å²) in [6.07, 6.45) is 0. The number of ether oxygens (including phenoxy) is 1. The molecule has 0 radical (unpaired) electrons. The second-order valence-electron chi connectivity index (χ2n) is 5.23. The molecule has 0 fully saturated rings. The van der Waals surface area contributed by atoms with Crippen LogP contribution in [0.25, 0.3) is 0 Å². The lowest BCUT2D eigenvalue weighted by atomic mass is 9.81.